The summed E-state index contributed by atoms with van der Waals surface area (Å²) in [7, 11) is 0. The van der Waals surface area contributed by atoms with Crippen LogP contribution in [0.25, 0.3) is 0 Å². The lowest BCUT2D eigenvalue weighted by molar-refractivity contribution is -0.340. The number of carboxylic acid groups (broad SMARTS) is 1. The molecule has 124 valence electrons. The molecule has 0 fully saturated rings. The van der Waals surface area contributed by atoms with E-state index in [0.717, 1.165) is 0 Å². The van der Waals surface area contributed by atoms with E-state index in [9.17, 15) is 48.9 Å². The molecule has 0 unspecified atom stereocenters. The van der Waals surface area contributed by atoms with Crippen molar-refractivity contribution in [3.8, 4) is 0 Å². The largest absolute Gasteiger partial charge is 0.478 e. The van der Waals surface area contributed by atoms with Crippen molar-refractivity contribution < 1.29 is 54.0 Å². The van der Waals surface area contributed by atoms with Crippen molar-refractivity contribution in [3.05, 3.63) is 34.6 Å². The molecule has 13 heteroatoms. The van der Waals surface area contributed by atoms with Crippen LogP contribution in [0.1, 0.15) is 5.56 Å². The molecule has 1 aromatic carbocycles. The van der Waals surface area contributed by atoms with Crippen molar-refractivity contribution >= 4 is 5.97 Å². The Bertz CT molecular complexity index is 604. The van der Waals surface area contributed by atoms with Crippen LogP contribution in [0.5, 0.6) is 0 Å². The number of rotatable bonds is 4. The molecule has 0 spiro atoms. The average molecular weight is 345 g/mol. The molecular formula is C9HF10NO2. The number of nitrogens with zero attached hydrogens (tertiary/aromatic N) is 1. The number of hydrogen-bond acceptors (Lipinski definition) is 2. The predicted octanol–water partition coefficient (Wildman–Crippen LogP) is 3.30. The molecule has 0 bridgehead atoms. The molecule has 0 saturated carbocycles. The first-order valence-electron chi connectivity index (χ1n) is 4.75. The van der Waals surface area contributed by atoms with E-state index in [1.54, 1.807) is 0 Å². The van der Waals surface area contributed by atoms with Gasteiger partial charge in [0.05, 0.1) is 5.34 Å². The number of carboxylic acids is 1. The third-order valence-corrected chi connectivity index (χ3v) is 2.46. The Morgan fingerprint density at radius 1 is 0.818 bits per heavy atom. The topological polar surface area (TPSA) is 40.5 Å². The molecule has 22 heavy (non-hydrogen) atoms. The Hall–Kier alpha value is -2.05. The molecule has 0 heterocycles. The van der Waals surface area contributed by atoms with Crippen LogP contribution in [0.2, 0.25) is 0 Å². The number of hydrogen-bond donors (Lipinski definition) is 1. The summed E-state index contributed by atoms with van der Waals surface area (Å²) in [5.41, 5.74) is -3.35. The second-order valence-electron chi connectivity index (χ2n) is 3.68. The fourth-order valence-corrected chi connectivity index (χ4v) is 1.36. The Kier molecular flexibility index (Phi) is 4.33. The Morgan fingerprint density at radius 2 is 1.14 bits per heavy atom. The quantitative estimate of drug-likeness (QED) is 0.299. The van der Waals surface area contributed by atoms with Crippen LogP contribution in [0.4, 0.5) is 44.1 Å². The minimum Gasteiger partial charge on any atom is -0.478 e. The molecule has 0 aliphatic carbocycles. The van der Waals surface area contributed by atoms with Gasteiger partial charge in [0.15, 0.2) is 23.3 Å². The third-order valence-electron chi connectivity index (χ3n) is 2.46. The summed E-state index contributed by atoms with van der Waals surface area (Å²) in [5, 5.41) is 4.82. The number of halogens is 10. The van der Waals surface area contributed by atoms with Crippen LogP contribution in [0.3, 0.4) is 0 Å². The Balaban J connectivity index is 3.84. The summed E-state index contributed by atoms with van der Waals surface area (Å²) in [5.74, 6) is -31.7. The molecule has 0 aliphatic rings. The van der Waals surface area contributed by atoms with E-state index in [4.69, 9.17) is 5.11 Å². The fourth-order valence-electron chi connectivity index (χ4n) is 1.36. The van der Waals surface area contributed by atoms with Crippen LogP contribution >= 0.6 is 0 Å². The molecule has 1 aromatic rings. The lowest BCUT2D eigenvalue weighted by Crippen LogP contribution is -2.56. The maximum absolute atomic E-state index is 13.5. The van der Waals surface area contributed by atoms with E-state index in [0.29, 0.717) is 0 Å². The van der Waals surface area contributed by atoms with Crippen LogP contribution in [-0.4, -0.2) is 22.2 Å². The van der Waals surface area contributed by atoms with Gasteiger partial charge in [0.1, 0.15) is 5.56 Å². The highest BCUT2D eigenvalue weighted by Gasteiger charge is 2.70. The van der Waals surface area contributed by atoms with Gasteiger partial charge in [0.25, 0.3) is 0 Å². The highest BCUT2D eigenvalue weighted by Crippen LogP contribution is 2.47. The smallest absolute Gasteiger partial charge is 0.383 e. The molecular weight excluding hydrogens is 344 g/mol. The Morgan fingerprint density at radius 3 is 1.41 bits per heavy atom. The van der Waals surface area contributed by atoms with Gasteiger partial charge < -0.3 is 5.11 Å². The van der Waals surface area contributed by atoms with Gasteiger partial charge in [-0.3, -0.25) is 0 Å². The van der Waals surface area contributed by atoms with Gasteiger partial charge in [0.2, 0.25) is 5.82 Å². The summed E-state index contributed by atoms with van der Waals surface area (Å²) in [4.78, 5) is 10.3. The van der Waals surface area contributed by atoms with E-state index in [-0.39, 0.29) is 0 Å². The van der Waals surface area contributed by atoms with Gasteiger partial charge >= 0.3 is 17.7 Å². The first-order valence-corrected chi connectivity index (χ1v) is 4.75. The van der Waals surface area contributed by atoms with Crippen molar-refractivity contribution in [1.29, 1.82) is 0 Å². The number of alkyl halides is 3. The third kappa shape index (κ3) is 2.15. The summed E-state index contributed by atoms with van der Waals surface area (Å²) in [6.45, 7) is 0. The van der Waals surface area contributed by atoms with Crippen molar-refractivity contribution in [2.45, 2.75) is 11.7 Å². The normalized spacial score (nSPS) is 15.0. The molecule has 0 aliphatic heterocycles. The van der Waals surface area contributed by atoms with Crippen LogP contribution < -0.4 is 0 Å². The minimum absolute atomic E-state index is 2.92. The van der Waals surface area contributed by atoms with Crippen molar-refractivity contribution in [1.82, 2.24) is 5.34 Å². The van der Waals surface area contributed by atoms with Gasteiger partial charge in [-0.1, -0.05) is 8.96 Å². The molecule has 3 nitrogen and oxygen atoms in total. The summed E-state index contributed by atoms with van der Waals surface area (Å²) < 4.78 is 129. The molecule has 0 amide bonds. The first kappa shape index (κ1) is 18.0. The summed E-state index contributed by atoms with van der Waals surface area (Å²) in [6, 6.07) is 0. The fraction of sp³-hybridized carbons (Fsp3) is 0.222. The van der Waals surface area contributed by atoms with E-state index >= 15 is 0 Å². The summed E-state index contributed by atoms with van der Waals surface area (Å²) in [6.07, 6.45) is 0. The average Bonchev–Trinajstić information content (AvgIpc) is 2.41. The second kappa shape index (κ2) is 5.30. The van der Waals surface area contributed by atoms with Gasteiger partial charge in [0, 0.05) is 0 Å². The molecule has 1 atom stereocenters. The van der Waals surface area contributed by atoms with Crippen molar-refractivity contribution in [2.24, 2.45) is 0 Å². The highest BCUT2D eigenvalue weighted by molar-refractivity contribution is 5.78. The van der Waals surface area contributed by atoms with Gasteiger partial charge in [-0.2, -0.15) is 8.78 Å². The van der Waals surface area contributed by atoms with Crippen molar-refractivity contribution in [3.63, 3.8) is 0 Å². The number of aliphatic carboxylic acids is 1. The van der Waals surface area contributed by atoms with Crippen molar-refractivity contribution in [2.75, 3.05) is 0 Å². The molecule has 0 aromatic heterocycles. The van der Waals surface area contributed by atoms with E-state index < -0.39 is 57.7 Å². The zero-order valence-electron chi connectivity index (χ0n) is 9.58. The minimum atomic E-state index is -6.34. The lowest BCUT2D eigenvalue weighted by atomic mass is 9.97. The van der Waals surface area contributed by atoms with Gasteiger partial charge in [-0.25, -0.2) is 31.1 Å². The maximum Gasteiger partial charge on any atom is 0.383 e. The first-order chi connectivity index (χ1) is 9.81. The predicted molar refractivity (Wildman–Crippen MR) is 45.7 cm³/mol. The zero-order valence-corrected chi connectivity index (χ0v) is 9.58. The highest BCUT2D eigenvalue weighted by atomic mass is 19.4. The molecule has 0 saturated heterocycles. The summed E-state index contributed by atoms with van der Waals surface area (Å²) >= 11 is 0. The van der Waals surface area contributed by atoms with E-state index in [1.165, 1.54) is 0 Å². The van der Waals surface area contributed by atoms with Crippen LogP contribution in [0.15, 0.2) is 0 Å². The molecule has 1 N–H and O–H groups in total. The number of carbonyl (C=O) groups is 1. The second-order valence-corrected chi connectivity index (χ2v) is 3.68. The zero-order chi connectivity index (χ0) is 17.6. The van der Waals surface area contributed by atoms with Crippen LogP contribution in [0, 0.1) is 29.1 Å². The van der Waals surface area contributed by atoms with Gasteiger partial charge in [-0.05, 0) is 0 Å². The number of benzene rings is 1. The van der Waals surface area contributed by atoms with Crippen LogP contribution in [-0.2, 0) is 10.7 Å². The lowest BCUT2D eigenvalue weighted by Gasteiger charge is -2.29. The monoisotopic (exact) mass is 345 g/mol. The molecule has 1 rings (SSSR count). The standard InChI is InChI=1S/C9HF10NO2/c10-2-1(3(11)5(13)6(14)4(2)12)8(15,16)9(17,7(21)22)20(18)19/h(H,21,22)/t9-/m1/s1. The maximum atomic E-state index is 13.5. The Labute approximate surface area is 113 Å². The van der Waals surface area contributed by atoms with E-state index in [1.807, 2.05) is 0 Å². The van der Waals surface area contributed by atoms with E-state index in [2.05, 4.69) is 0 Å². The molecule has 0 radical (unpaired) electrons. The SMILES string of the molecule is O=C(O)[C@@](F)(N(F)F)C(F)(F)c1c(F)c(F)c(F)c(F)c1F. The van der Waals surface area contributed by atoms with Gasteiger partial charge in [-0.15, -0.1) is 0 Å².